The molecule has 0 aromatic heterocycles. The van der Waals surface area contributed by atoms with Crippen molar-refractivity contribution in [3.63, 3.8) is 0 Å². The highest BCUT2D eigenvalue weighted by molar-refractivity contribution is 5.85. The monoisotopic (exact) mass is 355 g/mol. The predicted molar refractivity (Wildman–Crippen MR) is 94.8 cm³/mol. The first-order valence-electron chi connectivity index (χ1n) is 7.96. The molecule has 2 amide bonds. The molecule has 0 aliphatic carbocycles. The first-order chi connectivity index (χ1) is 10.9. The molecule has 134 valence electrons. The summed E-state index contributed by atoms with van der Waals surface area (Å²) in [5.41, 5.74) is 6.35. The topological polar surface area (TPSA) is 104 Å². The second kappa shape index (κ2) is 9.01. The van der Waals surface area contributed by atoms with E-state index in [-0.39, 0.29) is 36.2 Å². The van der Waals surface area contributed by atoms with Crippen molar-refractivity contribution in [2.75, 3.05) is 6.54 Å². The highest BCUT2D eigenvalue weighted by Crippen LogP contribution is 2.25. The number of nitrogens with one attached hydrogen (secondary N) is 2. The molecule has 0 spiro atoms. The lowest BCUT2D eigenvalue weighted by Crippen LogP contribution is -2.55. The molecule has 4 atom stereocenters. The van der Waals surface area contributed by atoms with Crippen LogP contribution in [0.2, 0.25) is 0 Å². The Kier molecular flexibility index (Phi) is 7.66. The molecular weight excluding hydrogens is 330 g/mol. The fourth-order valence-corrected chi connectivity index (χ4v) is 2.97. The van der Waals surface area contributed by atoms with Crippen molar-refractivity contribution in [3.05, 3.63) is 35.9 Å². The molecule has 0 bridgehead atoms. The van der Waals surface area contributed by atoms with E-state index in [1.165, 1.54) is 5.56 Å². The van der Waals surface area contributed by atoms with Gasteiger partial charge < -0.3 is 21.5 Å². The van der Waals surface area contributed by atoms with E-state index in [0.717, 1.165) is 6.54 Å². The van der Waals surface area contributed by atoms with Gasteiger partial charge in [-0.3, -0.25) is 9.59 Å². The number of aliphatic hydroxyl groups excluding tert-OH is 1. The highest BCUT2D eigenvalue weighted by atomic mass is 35.5. The fraction of sp³-hybridized carbons (Fsp3) is 0.529. The standard InChI is InChI=1S/C17H25N3O3.ClH/c1-10(2)14(15(21)16(18)22)20-17(23)13-8-12(9-19-13)11-6-4-3-5-7-11;/h3-7,10,12-15,19,21H,8-9H2,1-2H3,(H2,18,22)(H,20,23);1H/t12-,13-,14?,15?;/m0./s1. The number of hydrogen-bond donors (Lipinski definition) is 4. The molecule has 24 heavy (non-hydrogen) atoms. The van der Waals surface area contributed by atoms with Crippen LogP contribution >= 0.6 is 12.4 Å². The van der Waals surface area contributed by atoms with E-state index in [1.54, 1.807) is 0 Å². The van der Waals surface area contributed by atoms with Gasteiger partial charge in [-0.25, -0.2) is 0 Å². The molecule has 1 aromatic carbocycles. The van der Waals surface area contributed by atoms with Crippen LogP contribution in [0.4, 0.5) is 0 Å². The van der Waals surface area contributed by atoms with Crippen LogP contribution in [0, 0.1) is 5.92 Å². The van der Waals surface area contributed by atoms with Gasteiger partial charge in [-0.05, 0) is 23.8 Å². The number of halogens is 1. The average molecular weight is 356 g/mol. The molecule has 1 aliphatic rings. The van der Waals surface area contributed by atoms with E-state index in [4.69, 9.17) is 5.73 Å². The number of carbonyl (C=O) groups is 2. The molecule has 1 saturated heterocycles. The Labute approximate surface area is 148 Å². The number of aliphatic hydroxyl groups is 1. The van der Waals surface area contributed by atoms with Crippen molar-refractivity contribution < 1.29 is 14.7 Å². The van der Waals surface area contributed by atoms with Gasteiger partial charge in [0.05, 0.1) is 12.1 Å². The third-order valence-electron chi connectivity index (χ3n) is 4.38. The van der Waals surface area contributed by atoms with Gasteiger partial charge in [-0.15, -0.1) is 12.4 Å². The maximum absolute atomic E-state index is 12.4. The Morgan fingerprint density at radius 1 is 1.29 bits per heavy atom. The average Bonchev–Trinajstić information content (AvgIpc) is 3.02. The predicted octanol–water partition coefficient (Wildman–Crippen LogP) is 0.541. The van der Waals surface area contributed by atoms with Gasteiger partial charge in [0, 0.05) is 6.54 Å². The summed E-state index contributed by atoms with van der Waals surface area (Å²) in [5, 5.41) is 15.8. The van der Waals surface area contributed by atoms with Crippen LogP contribution in [0.1, 0.15) is 31.7 Å². The summed E-state index contributed by atoms with van der Waals surface area (Å²) in [6.45, 7) is 4.38. The molecule has 1 aromatic rings. The van der Waals surface area contributed by atoms with Crippen molar-refractivity contribution >= 4 is 24.2 Å². The minimum Gasteiger partial charge on any atom is -0.381 e. The van der Waals surface area contributed by atoms with Crippen LogP contribution in [0.5, 0.6) is 0 Å². The van der Waals surface area contributed by atoms with Gasteiger partial charge in [0.2, 0.25) is 11.8 Å². The first kappa shape index (κ1) is 20.4. The Bertz CT molecular complexity index is 553. The molecule has 1 aliphatic heterocycles. The molecule has 5 N–H and O–H groups in total. The largest absolute Gasteiger partial charge is 0.381 e. The zero-order valence-electron chi connectivity index (χ0n) is 13.9. The summed E-state index contributed by atoms with van der Waals surface area (Å²) < 4.78 is 0. The maximum atomic E-state index is 12.4. The Balaban J connectivity index is 0.00000288. The number of amides is 2. The second-order valence-corrected chi connectivity index (χ2v) is 6.43. The molecule has 1 fully saturated rings. The van der Waals surface area contributed by atoms with Crippen LogP contribution in [-0.2, 0) is 9.59 Å². The molecule has 1 heterocycles. The van der Waals surface area contributed by atoms with E-state index in [1.807, 2.05) is 32.0 Å². The van der Waals surface area contributed by atoms with E-state index < -0.39 is 18.1 Å². The molecular formula is C17H26ClN3O3. The zero-order chi connectivity index (χ0) is 17.0. The fourth-order valence-electron chi connectivity index (χ4n) is 2.97. The van der Waals surface area contributed by atoms with Crippen molar-refractivity contribution in [3.8, 4) is 0 Å². The SMILES string of the molecule is CC(C)C(NC(=O)[C@@H]1C[C@H](c2ccccc2)CN1)C(O)C(N)=O.Cl. The molecule has 2 rings (SSSR count). The molecule has 6 nitrogen and oxygen atoms in total. The van der Waals surface area contributed by atoms with Gasteiger partial charge in [-0.1, -0.05) is 44.2 Å². The van der Waals surface area contributed by atoms with Crippen LogP contribution in [0.25, 0.3) is 0 Å². The van der Waals surface area contributed by atoms with Gasteiger partial charge in [-0.2, -0.15) is 0 Å². The van der Waals surface area contributed by atoms with Gasteiger partial charge >= 0.3 is 0 Å². The van der Waals surface area contributed by atoms with E-state index in [0.29, 0.717) is 6.42 Å². The number of rotatable bonds is 6. The second-order valence-electron chi connectivity index (χ2n) is 6.43. The summed E-state index contributed by atoms with van der Waals surface area (Å²) in [6.07, 6.45) is -0.696. The van der Waals surface area contributed by atoms with E-state index in [2.05, 4.69) is 22.8 Å². The molecule has 0 radical (unpaired) electrons. The maximum Gasteiger partial charge on any atom is 0.248 e. The first-order valence-corrected chi connectivity index (χ1v) is 7.96. The third kappa shape index (κ3) is 4.93. The number of hydrogen-bond acceptors (Lipinski definition) is 4. The minimum absolute atomic E-state index is 0. The van der Waals surface area contributed by atoms with Crippen LogP contribution < -0.4 is 16.4 Å². The van der Waals surface area contributed by atoms with Crippen LogP contribution in [-0.4, -0.2) is 41.7 Å². The number of nitrogens with two attached hydrogens (primary N) is 1. The summed E-state index contributed by atoms with van der Waals surface area (Å²) in [5.74, 6) is -0.855. The smallest absolute Gasteiger partial charge is 0.248 e. The number of primary amides is 1. The zero-order valence-corrected chi connectivity index (χ0v) is 14.8. The van der Waals surface area contributed by atoms with Gasteiger partial charge in [0.1, 0.15) is 0 Å². The Morgan fingerprint density at radius 3 is 2.46 bits per heavy atom. The summed E-state index contributed by atoms with van der Waals surface area (Å²) in [6, 6.07) is 9.04. The van der Waals surface area contributed by atoms with Crippen molar-refractivity contribution in [2.45, 2.75) is 44.4 Å². The van der Waals surface area contributed by atoms with Crippen molar-refractivity contribution in [2.24, 2.45) is 11.7 Å². The summed E-state index contributed by atoms with van der Waals surface area (Å²) in [4.78, 5) is 23.6. The molecule has 2 unspecified atom stereocenters. The lowest BCUT2D eigenvalue weighted by atomic mass is 9.95. The highest BCUT2D eigenvalue weighted by Gasteiger charge is 2.34. The Hall–Kier alpha value is -1.63. The van der Waals surface area contributed by atoms with Gasteiger partial charge in [0.15, 0.2) is 6.10 Å². The summed E-state index contributed by atoms with van der Waals surface area (Å²) in [7, 11) is 0. The van der Waals surface area contributed by atoms with Gasteiger partial charge in [0.25, 0.3) is 0 Å². The minimum atomic E-state index is -1.38. The van der Waals surface area contributed by atoms with Crippen LogP contribution in [0.3, 0.4) is 0 Å². The normalized spacial score (nSPS) is 22.5. The molecule has 7 heteroatoms. The van der Waals surface area contributed by atoms with Crippen LogP contribution in [0.15, 0.2) is 30.3 Å². The molecule has 0 saturated carbocycles. The van der Waals surface area contributed by atoms with Crippen molar-refractivity contribution in [1.82, 2.24) is 10.6 Å². The van der Waals surface area contributed by atoms with Crippen molar-refractivity contribution in [1.29, 1.82) is 0 Å². The lowest BCUT2D eigenvalue weighted by Gasteiger charge is -2.27. The Morgan fingerprint density at radius 2 is 1.92 bits per heavy atom. The van der Waals surface area contributed by atoms with E-state index in [9.17, 15) is 14.7 Å². The number of benzene rings is 1. The van der Waals surface area contributed by atoms with E-state index >= 15 is 0 Å². The number of carbonyl (C=O) groups excluding carboxylic acids is 2. The lowest BCUT2D eigenvalue weighted by molar-refractivity contribution is -0.131. The third-order valence-corrected chi connectivity index (χ3v) is 4.38. The quantitative estimate of drug-likeness (QED) is 0.597. The summed E-state index contributed by atoms with van der Waals surface area (Å²) >= 11 is 0.